The van der Waals surface area contributed by atoms with Crippen LogP contribution in [0.15, 0.2) is 48.7 Å². The molecule has 0 bridgehead atoms. The molecule has 6 nitrogen and oxygen atoms in total. The second kappa shape index (κ2) is 4.77. The molecule has 6 heteroatoms. The van der Waals surface area contributed by atoms with Crippen molar-refractivity contribution in [2.45, 2.75) is 0 Å². The molecule has 0 aliphatic carbocycles. The minimum absolute atomic E-state index is 0.265. The summed E-state index contributed by atoms with van der Waals surface area (Å²) in [5.74, 6) is 0.278. The van der Waals surface area contributed by atoms with Crippen LogP contribution in [-0.4, -0.2) is 26.3 Å². The molecule has 0 unspecified atom stereocenters. The number of amides is 1. The standard InChI is InChI=1S/C13H11N5O/c19-13(15-12-6-7-14-18-12)11-8-10(16-17-11)9-4-2-1-3-5-9/h1-8H,(H,16,17)(H2,14,15,18,19). The maximum absolute atomic E-state index is 11.9. The van der Waals surface area contributed by atoms with E-state index in [2.05, 4.69) is 25.7 Å². The molecule has 0 spiro atoms. The molecule has 0 radical (unpaired) electrons. The third kappa shape index (κ3) is 2.37. The van der Waals surface area contributed by atoms with Crippen molar-refractivity contribution in [1.29, 1.82) is 0 Å². The van der Waals surface area contributed by atoms with Gasteiger partial charge < -0.3 is 5.32 Å². The first-order valence-electron chi connectivity index (χ1n) is 5.74. The number of nitrogens with zero attached hydrogens (tertiary/aromatic N) is 2. The highest BCUT2D eigenvalue weighted by atomic mass is 16.2. The fourth-order valence-electron chi connectivity index (χ4n) is 1.71. The number of rotatable bonds is 3. The van der Waals surface area contributed by atoms with Crippen LogP contribution in [0.4, 0.5) is 5.82 Å². The van der Waals surface area contributed by atoms with Gasteiger partial charge in [0.15, 0.2) is 0 Å². The van der Waals surface area contributed by atoms with Gasteiger partial charge in [-0.05, 0) is 6.07 Å². The van der Waals surface area contributed by atoms with Crippen LogP contribution < -0.4 is 5.32 Å². The third-order valence-corrected chi connectivity index (χ3v) is 2.64. The summed E-state index contributed by atoms with van der Waals surface area (Å²) < 4.78 is 0. The molecule has 0 aliphatic rings. The van der Waals surface area contributed by atoms with Crippen molar-refractivity contribution in [1.82, 2.24) is 20.4 Å². The normalized spacial score (nSPS) is 10.3. The van der Waals surface area contributed by atoms with Gasteiger partial charge in [0.1, 0.15) is 11.5 Å². The minimum Gasteiger partial charge on any atom is -0.306 e. The fourth-order valence-corrected chi connectivity index (χ4v) is 1.71. The molecule has 19 heavy (non-hydrogen) atoms. The Morgan fingerprint density at radius 1 is 1.11 bits per heavy atom. The Hall–Kier alpha value is -2.89. The zero-order valence-electron chi connectivity index (χ0n) is 9.92. The third-order valence-electron chi connectivity index (χ3n) is 2.64. The highest BCUT2D eigenvalue weighted by Crippen LogP contribution is 2.17. The average molecular weight is 253 g/mol. The molecule has 2 heterocycles. The van der Waals surface area contributed by atoms with Crippen LogP contribution in [0, 0.1) is 0 Å². The highest BCUT2D eigenvalue weighted by molar-refractivity contribution is 6.02. The van der Waals surface area contributed by atoms with Gasteiger partial charge in [-0.3, -0.25) is 15.0 Å². The predicted molar refractivity (Wildman–Crippen MR) is 70.6 cm³/mol. The number of nitrogens with one attached hydrogen (secondary N) is 3. The lowest BCUT2D eigenvalue weighted by Crippen LogP contribution is -2.12. The van der Waals surface area contributed by atoms with E-state index in [9.17, 15) is 4.79 Å². The molecule has 0 fully saturated rings. The van der Waals surface area contributed by atoms with E-state index in [-0.39, 0.29) is 5.91 Å². The van der Waals surface area contributed by atoms with Gasteiger partial charge in [-0.15, -0.1) is 0 Å². The molecule has 1 amide bonds. The van der Waals surface area contributed by atoms with Crippen LogP contribution >= 0.6 is 0 Å². The zero-order chi connectivity index (χ0) is 13.1. The lowest BCUT2D eigenvalue weighted by atomic mass is 10.1. The number of aromatic nitrogens is 4. The van der Waals surface area contributed by atoms with Crippen LogP contribution in [0.25, 0.3) is 11.3 Å². The molecule has 0 saturated heterocycles. The molecule has 0 atom stereocenters. The number of hydrogen-bond acceptors (Lipinski definition) is 3. The summed E-state index contributed by atoms with van der Waals surface area (Å²) in [4.78, 5) is 11.9. The average Bonchev–Trinajstić information content (AvgIpc) is 3.10. The van der Waals surface area contributed by atoms with Crippen molar-refractivity contribution in [2.75, 3.05) is 5.32 Å². The van der Waals surface area contributed by atoms with Gasteiger partial charge in [0, 0.05) is 11.6 Å². The van der Waals surface area contributed by atoms with Crippen LogP contribution in [0.5, 0.6) is 0 Å². The summed E-state index contributed by atoms with van der Waals surface area (Å²) in [7, 11) is 0. The smallest absolute Gasteiger partial charge is 0.274 e. The minimum atomic E-state index is -0.265. The van der Waals surface area contributed by atoms with E-state index in [0.29, 0.717) is 11.5 Å². The van der Waals surface area contributed by atoms with Crippen molar-refractivity contribution in [3.8, 4) is 11.3 Å². The van der Waals surface area contributed by atoms with Crippen LogP contribution in [0.3, 0.4) is 0 Å². The van der Waals surface area contributed by atoms with E-state index in [0.717, 1.165) is 11.3 Å². The van der Waals surface area contributed by atoms with E-state index in [1.54, 1.807) is 18.3 Å². The lowest BCUT2D eigenvalue weighted by molar-refractivity contribution is 0.102. The van der Waals surface area contributed by atoms with E-state index < -0.39 is 0 Å². The SMILES string of the molecule is O=C(Nc1ccn[nH]1)c1cc(-c2ccccc2)n[nH]1. The van der Waals surface area contributed by atoms with Gasteiger partial charge in [0.2, 0.25) is 0 Å². The molecule has 94 valence electrons. The summed E-state index contributed by atoms with van der Waals surface area (Å²) in [5.41, 5.74) is 2.09. The summed E-state index contributed by atoms with van der Waals surface area (Å²) in [6, 6.07) is 13.0. The van der Waals surface area contributed by atoms with Crippen molar-refractivity contribution in [2.24, 2.45) is 0 Å². The molecule has 0 aliphatic heterocycles. The first kappa shape index (κ1) is 11.2. The van der Waals surface area contributed by atoms with E-state index in [1.165, 1.54) is 0 Å². The molecule has 3 rings (SSSR count). The Bertz CT molecular complexity index is 672. The highest BCUT2D eigenvalue weighted by Gasteiger charge is 2.11. The number of hydrogen-bond donors (Lipinski definition) is 3. The Kier molecular flexibility index (Phi) is 2.82. The summed E-state index contributed by atoms with van der Waals surface area (Å²) in [6.45, 7) is 0. The van der Waals surface area contributed by atoms with Crippen molar-refractivity contribution < 1.29 is 4.79 Å². The molecule has 1 aromatic carbocycles. The second-order valence-electron chi connectivity index (χ2n) is 3.96. The lowest BCUT2D eigenvalue weighted by Gasteiger charge is -1.98. The van der Waals surface area contributed by atoms with Gasteiger partial charge in [-0.2, -0.15) is 10.2 Å². The summed E-state index contributed by atoms with van der Waals surface area (Å²) >= 11 is 0. The van der Waals surface area contributed by atoms with Gasteiger partial charge in [0.25, 0.3) is 5.91 Å². The molecule has 3 aromatic rings. The molecule has 2 aromatic heterocycles. The number of H-pyrrole nitrogens is 2. The second-order valence-corrected chi connectivity index (χ2v) is 3.96. The Morgan fingerprint density at radius 3 is 2.68 bits per heavy atom. The maximum atomic E-state index is 11.9. The zero-order valence-corrected chi connectivity index (χ0v) is 9.92. The van der Waals surface area contributed by atoms with E-state index in [4.69, 9.17) is 0 Å². The summed E-state index contributed by atoms with van der Waals surface area (Å²) in [5, 5.41) is 15.9. The van der Waals surface area contributed by atoms with Crippen LogP contribution in [0.2, 0.25) is 0 Å². The Morgan fingerprint density at radius 2 is 1.95 bits per heavy atom. The molecular formula is C13H11N5O. The van der Waals surface area contributed by atoms with Gasteiger partial charge >= 0.3 is 0 Å². The van der Waals surface area contributed by atoms with Crippen molar-refractivity contribution in [3.05, 3.63) is 54.4 Å². The Labute approximate surface area is 108 Å². The number of carbonyl (C=O) groups is 1. The predicted octanol–water partition coefficient (Wildman–Crippen LogP) is 2.05. The molecule has 0 saturated carbocycles. The largest absolute Gasteiger partial charge is 0.306 e. The topological polar surface area (TPSA) is 86.5 Å². The number of carbonyl (C=O) groups excluding carboxylic acids is 1. The van der Waals surface area contributed by atoms with E-state index in [1.807, 2.05) is 30.3 Å². The first-order chi connectivity index (χ1) is 9.33. The number of anilines is 1. The van der Waals surface area contributed by atoms with E-state index >= 15 is 0 Å². The summed E-state index contributed by atoms with van der Waals surface area (Å²) in [6.07, 6.45) is 1.57. The maximum Gasteiger partial charge on any atom is 0.274 e. The monoisotopic (exact) mass is 253 g/mol. The van der Waals surface area contributed by atoms with Crippen molar-refractivity contribution in [3.63, 3.8) is 0 Å². The van der Waals surface area contributed by atoms with Crippen molar-refractivity contribution >= 4 is 11.7 Å². The van der Waals surface area contributed by atoms with Gasteiger partial charge in [-0.25, -0.2) is 0 Å². The van der Waals surface area contributed by atoms with Crippen LogP contribution in [0.1, 0.15) is 10.5 Å². The number of benzene rings is 1. The first-order valence-corrected chi connectivity index (χ1v) is 5.74. The van der Waals surface area contributed by atoms with Gasteiger partial charge in [-0.1, -0.05) is 30.3 Å². The fraction of sp³-hybridized carbons (Fsp3) is 0. The molecule has 3 N–H and O–H groups in total. The quantitative estimate of drug-likeness (QED) is 0.667. The van der Waals surface area contributed by atoms with Gasteiger partial charge in [0.05, 0.1) is 11.9 Å². The number of aromatic amines is 2. The Balaban J connectivity index is 1.80. The van der Waals surface area contributed by atoms with Crippen LogP contribution in [-0.2, 0) is 0 Å². The molecular weight excluding hydrogens is 242 g/mol.